The van der Waals surface area contributed by atoms with Crippen LogP contribution in [-0.4, -0.2) is 29.7 Å². The number of carboxylic acids is 1. The molecule has 1 aromatic carbocycles. The van der Waals surface area contributed by atoms with Crippen LogP contribution < -0.4 is 0 Å². The molecule has 1 rings (SSSR count). The van der Waals surface area contributed by atoms with Crippen LogP contribution in [0.5, 0.6) is 0 Å². The van der Waals surface area contributed by atoms with E-state index in [1.54, 1.807) is 6.07 Å². The van der Waals surface area contributed by atoms with E-state index in [-0.39, 0.29) is 6.54 Å². The van der Waals surface area contributed by atoms with Crippen LogP contribution in [0.15, 0.2) is 28.5 Å². The van der Waals surface area contributed by atoms with Gasteiger partial charge in [0.15, 0.2) is 0 Å². The van der Waals surface area contributed by atoms with E-state index in [1.165, 1.54) is 12.1 Å². The standard InChI is InChI=1S/C10H12ClN3O2/c1-7-4-3-5-8(11)10(7)12-13-14(2)6-9(15)16/h3-5H,6H2,1-2H3,(H,15,16). The zero-order valence-corrected chi connectivity index (χ0v) is 9.77. The number of carbonyl (C=O) groups is 1. The maximum Gasteiger partial charge on any atom is 0.324 e. The Balaban J connectivity index is 2.80. The molecular formula is C10H12ClN3O2. The molecule has 0 radical (unpaired) electrons. The maximum absolute atomic E-state index is 10.4. The fourth-order valence-electron chi connectivity index (χ4n) is 1.10. The molecule has 1 N–H and O–H groups in total. The number of aliphatic carboxylic acids is 1. The van der Waals surface area contributed by atoms with E-state index in [0.717, 1.165) is 5.56 Å². The van der Waals surface area contributed by atoms with Crippen molar-refractivity contribution in [3.63, 3.8) is 0 Å². The molecule has 0 aliphatic heterocycles. The maximum atomic E-state index is 10.4. The number of aryl methyl sites for hydroxylation is 1. The molecule has 0 aromatic heterocycles. The Morgan fingerprint density at radius 1 is 1.56 bits per heavy atom. The second-order valence-electron chi connectivity index (χ2n) is 3.30. The fraction of sp³-hybridized carbons (Fsp3) is 0.300. The Labute approximate surface area is 98.3 Å². The number of carboxylic acid groups (broad SMARTS) is 1. The number of benzene rings is 1. The van der Waals surface area contributed by atoms with Crippen LogP contribution in [0.1, 0.15) is 5.56 Å². The highest BCUT2D eigenvalue weighted by Crippen LogP contribution is 2.28. The molecule has 0 spiro atoms. The molecule has 6 heteroatoms. The van der Waals surface area contributed by atoms with Gasteiger partial charge in [-0.15, -0.1) is 5.11 Å². The number of nitrogens with zero attached hydrogens (tertiary/aromatic N) is 3. The highest BCUT2D eigenvalue weighted by molar-refractivity contribution is 6.33. The predicted octanol–water partition coefficient (Wildman–Crippen LogP) is 2.66. The molecule has 0 atom stereocenters. The van der Waals surface area contributed by atoms with Gasteiger partial charge in [-0.25, -0.2) is 0 Å². The van der Waals surface area contributed by atoms with E-state index in [2.05, 4.69) is 10.3 Å². The van der Waals surface area contributed by atoms with E-state index >= 15 is 0 Å². The average molecular weight is 242 g/mol. The molecule has 0 saturated heterocycles. The van der Waals surface area contributed by atoms with Gasteiger partial charge in [0, 0.05) is 7.05 Å². The van der Waals surface area contributed by atoms with Crippen LogP contribution in [0, 0.1) is 6.92 Å². The fourth-order valence-corrected chi connectivity index (χ4v) is 1.36. The summed E-state index contributed by atoms with van der Waals surface area (Å²) in [5.74, 6) is -0.961. The van der Waals surface area contributed by atoms with Crippen LogP contribution in [0.25, 0.3) is 0 Å². The van der Waals surface area contributed by atoms with Gasteiger partial charge in [0.25, 0.3) is 0 Å². The first-order valence-corrected chi connectivity index (χ1v) is 4.98. The van der Waals surface area contributed by atoms with Gasteiger partial charge in [-0.2, -0.15) is 0 Å². The summed E-state index contributed by atoms with van der Waals surface area (Å²) in [7, 11) is 1.53. The molecule has 0 aliphatic carbocycles. The van der Waals surface area contributed by atoms with Gasteiger partial charge in [-0.05, 0) is 18.6 Å². The predicted molar refractivity (Wildman–Crippen MR) is 61.0 cm³/mol. The summed E-state index contributed by atoms with van der Waals surface area (Å²) >= 11 is 5.93. The molecule has 0 bridgehead atoms. The number of hydrogen-bond acceptors (Lipinski definition) is 3. The SMILES string of the molecule is Cc1cccc(Cl)c1N=NN(C)CC(=O)O. The first-order chi connectivity index (χ1) is 7.50. The molecule has 5 nitrogen and oxygen atoms in total. The smallest absolute Gasteiger partial charge is 0.324 e. The number of halogens is 1. The molecule has 0 aliphatic rings. The van der Waals surface area contributed by atoms with Gasteiger partial charge in [0.05, 0.1) is 5.02 Å². The lowest BCUT2D eigenvalue weighted by molar-refractivity contribution is -0.138. The summed E-state index contributed by atoms with van der Waals surface area (Å²) in [5.41, 5.74) is 1.45. The Kier molecular flexibility index (Phi) is 4.25. The zero-order valence-electron chi connectivity index (χ0n) is 9.01. The van der Waals surface area contributed by atoms with E-state index < -0.39 is 5.97 Å². The molecule has 0 heterocycles. The van der Waals surface area contributed by atoms with Crippen LogP contribution in [0.4, 0.5) is 5.69 Å². The lowest BCUT2D eigenvalue weighted by Crippen LogP contribution is -2.19. The monoisotopic (exact) mass is 241 g/mol. The van der Waals surface area contributed by atoms with Crippen molar-refractivity contribution in [2.24, 2.45) is 10.3 Å². The minimum absolute atomic E-state index is 0.201. The van der Waals surface area contributed by atoms with Gasteiger partial charge in [-0.1, -0.05) is 29.0 Å². The number of likely N-dealkylation sites (N-methyl/N-ethyl adjacent to an activating group) is 1. The van der Waals surface area contributed by atoms with Gasteiger partial charge >= 0.3 is 5.97 Å². The molecule has 16 heavy (non-hydrogen) atoms. The third-order valence-corrected chi connectivity index (χ3v) is 2.16. The summed E-state index contributed by atoms with van der Waals surface area (Å²) in [6.07, 6.45) is 0. The topological polar surface area (TPSA) is 65.3 Å². The quantitative estimate of drug-likeness (QED) is 0.651. The Hall–Kier alpha value is -1.62. The third-order valence-electron chi connectivity index (χ3n) is 1.85. The molecule has 1 aromatic rings. The Bertz CT molecular complexity index is 400. The highest BCUT2D eigenvalue weighted by Gasteiger charge is 2.04. The van der Waals surface area contributed by atoms with Crippen molar-refractivity contribution in [3.05, 3.63) is 28.8 Å². The highest BCUT2D eigenvalue weighted by atomic mass is 35.5. The van der Waals surface area contributed by atoms with Crippen LogP contribution in [0.3, 0.4) is 0 Å². The van der Waals surface area contributed by atoms with Crippen molar-refractivity contribution in [1.82, 2.24) is 5.01 Å². The van der Waals surface area contributed by atoms with E-state index in [4.69, 9.17) is 16.7 Å². The molecule has 86 valence electrons. The Morgan fingerprint density at radius 3 is 2.81 bits per heavy atom. The summed E-state index contributed by atoms with van der Waals surface area (Å²) in [5, 5.41) is 17.9. The minimum atomic E-state index is -0.961. The molecule has 0 saturated carbocycles. The van der Waals surface area contributed by atoms with E-state index in [9.17, 15) is 4.79 Å². The lowest BCUT2D eigenvalue weighted by Gasteiger charge is -2.07. The Morgan fingerprint density at radius 2 is 2.25 bits per heavy atom. The van der Waals surface area contributed by atoms with Gasteiger partial charge in [0.1, 0.15) is 12.2 Å². The van der Waals surface area contributed by atoms with E-state index in [1.807, 2.05) is 19.1 Å². The van der Waals surface area contributed by atoms with Crippen molar-refractivity contribution in [2.45, 2.75) is 6.92 Å². The van der Waals surface area contributed by atoms with Crippen molar-refractivity contribution in [1.29, 1.82) is 0 Å². The summed E-state index contributed by atoms with van der Waals surface area (Å²) in [4.78, 5) is 10.4. The minimum Gasteiger partial charge on any atom is -0.480 e. The lowest BCUT2D eigenvalue weighted by atomic mass is 10.2. The molecule has 0 fully saturated rings. The van der Waals surface area contributed by atoms with Crippen LogP contribution in [0.2, 0.25) is 5.02 Å². The first kappa shape index (κ1) is 12.4. The summed E-state index contributed by atoms with van der Waals surface area (Å²) in [6.45, 7) is 1.66. The van der Waals surface area contributed by atoms with Crippen molar-refractivity contribution in [3.8, 4) is 0 Å². The van der Waals surface area contributed by atoms with Gasteiger partial charge < -0.3 is 5.11 Å². The van der Waals surface area contributed by atoms with Gasteiger partial charge in [-0.3, -0.25) is 9.80 Å². The molecule has 0 unspecified atom stereocenters. The van der Waals surface area contributed by atoms with Crippen molar-refractivity contribution in [2.75, 3.05) is 13.6 Å². The summed E-state index contributed by atoms with van der Waals surface area (Å²) < 4.78 is 0. The van der Waals surface area contributed by atoms with E-state index in [0.29, 0.717) is 10.7 Å². The average Bonchev–Trinajstić information content (AvgIpc) is 2.15. The van der Waals surface area contributed by atoms with Crippen molar-refractivity contribution < 1.29 is 9.90 Å². The second-order valence-corrected chi connectivity index (χ2v) is 3.71. The van der Waals surface area contributed by atoms with Crippen LogP contribution >= 0.6 is 11.6 Å². The molecular weight excluding hydrogens is 230 g/mol. The number of rotatable bonds is 4. The van der Waals surface area contributed by atoms with Crippen molar-refractivity contribution >= 4 is 23.3 Å². The number of hydrogen-bond donors (Lipinski definition) is 1. The molecule has 0 amide bonds. The summed E-state index contributed by atoms with van der Waals surface area (Å²) in [6, 6.07) is 5.38. The normalized spacial score (nSPS) is 10.7. The van der Waals surface area contributed by atoms with Crippen LogP contribution in [-0.2, 0) is 4.79 Å². The first-order valence-electron chi connectivity index (χ1n) is 4.60. The third kappa shape index (κ3) is 3.51. The zero-order chi connectivity index (χ0) is 12.1. The van der Waals surface area contributed by atoms with Gasteiger partial charge in [0.2, 0.25) is 0 Å². The largest absolute Gasteiger partial charge is 0.480 e. The second kappa shape index (κ2) is 5.46.